The fourth-order valence-electron chi connectivity index (χ4n) is 1.56. The minimum absolute atomic E-state index is 0.140. The Bertz CT molecular complexity index is 583. The van der Waals surface area contributed by atoms with Crippen molar-refractivity contribution >= 4 is 44.5 Å². The third-order valence-corrected chi connectivity index (χ3v) is 4.67. The van der Waals surface area contributed by atoms with E-state index in [1.807, 2.05) is 0 Å². The van der Waals surface area contributed by atoms with Gasteiger partial charge in [-0.1, -0.05) is 29.9 Å². The van der Waals surface area contributed by atoms with E-state index in [9.17, 15) is 8.42 Å². The van der Waals surface area contributed by atoms with E-state index in [1.54, 1.807) is 18.2 Å². The van der Waals surface area contributed by atoms with Crippen molar-refractivity contribution in [2.24, 2.45) is 11.7 Å². The van der Waals surface area contributed by atoms with Gasteiger partial charge in [-0.2, -0.15) is 0 Å². The molecule has 3 N–H and O–H groups in total. The number of benzene rings is 1. The highest BCUT2D eigenvalue weighted by molar-refractivity contribution is 7.92. The van der Waals surface area contributed by atoms with Gasteiger partial charge in [0, 0.05) is 5.56 Å². The van der Waals surface area contributed by atoms with E-state index in [2.05, 4.69) is 4.72 Å². The van der Waals surface area contributed by atoms with Crippen molar-refractivity contribution in [3.05, 3.63) is 28.8 Å². The lowest BCUT2D eigenvalue weighted by Crippen LogP contribution is -2.18. The van der Waals surface area contributed by atoms with Gasteiger partial charge in [-0.05, 0) is 30.9 Å². The molecule has 1 fully saturated rings. The molecule has 1 aromatic rings. The summed E-state index contributed by atoms with van der Waals surface area (Å²) in [4.78, 5) is 0.203. The van der Waals surface area contributed by atoms with E-state index in [1.165, 1.54) is 0 Å². The van der Waals surface area contributed by atoms with Crippen LogP contribution in [0.3, 0.4) is 0 Å². The molecule has 0 amide bonds. The van der Waals surface area contributed by atoms with E-state index in [0.29, 0.717) is 16.3 Å². The highest BCUT2D eigenvalue weighted by Crippen LogP contribution is 2.31. The monoisotopic (exact) mass is 304 g/mol. The number of hydrogen-bond donors (Lipinski definition) is 2. The molecule has 0 aromatic heterocycles. The molecule has 4 nitrogen and oxygen atoms in total. The lowest BCUT2D eigenvalue weighted by Gasteiger charge is -2.10. The summed E-state index contributed by atoms with van der Waals surface area (Å²) in [6.45, 7) is 0. The van der Waals surface area contributed by atoms with Gasteiger partial charge in [-0.25, -0.2) is 8.42 Å². The first-order valence-corrected chi connectivity index (χ1v) is 7.91. The molecule has 0 heterocycles. The number of halogens is 1. The van der Waals surface area contributed by atoms with E-state index in [0.717, 1.165) is 12.8 Å². The quantitative estimate of drug-likeness (QED) is 0.817. The molecule has 1 aromatic carbocycles. The summed E-state index contributed by atoms with van der Waals surface area (Å²) in [6.07, 6.45) is 1.95. The number of anilines is 1. The number of nitrogens with two attached hydrogens (primary N) is 1. The lowest BCUT2D eigenvalue weighted by atomic mass is 10.2. The summed E-state index contributed by atoms with van der Waals surface area (Å²) in [7, 11) is -3.35. The normalized spacial score (nSPS) is 15.4. The van der Waals surface area contributed by atoms with E-state index in [-0.39, 0.29) is 16.7 Å². The molecule has 0 bridgehead atoms. The molecule has 0 spiro atoms. The maximum absolute atomic E-state index is 11.8. The highest BCUT2D eigenvalue weighted by Gasteiger charge is 2.28. The minimum atomic E-state index is -3.35. The van der Waals surface area contributed by atoms with Gasteiger partial charge < -0.3 is 5.73 Å². The van der Waals surface area contributed by atoms with Crippen LogP contribution in [0.5, 0.6) is 0 Å². The third-order valence-electron chi connectivity index (χ3n) is 2.67. The van der Waals surface area contributed by atoms with E-state index >= 15 is 0 Å². The number of hydrogen-bond acceptors (Lipinski definition) is 3. The highest BCUT2D eigenvalue weighted by atomic mass is 35.5. The van der Waals surface area contributed by atoms with Gasteiger partial charge in [-0.3, -0.25) is 4.72 Å². The number of rotatable bonds is 5. The summed E-state index contributed by atoms with van der Waals surface area (Å²) in [6, 6.07) is 4.78. The Balaban J connectivity index is 2.21. The molecule has 18 heavy (non-hydrogen) atoms. The van der Waals surface area contributed by atoms with Crippen molar-refractivity contribution in [3.63, 3.8) is 0 Å². The number of thiocarbonyl (C=S) groups is 1. The zero-order valence-electron chi connectivity index (χ0n) is 9.52. The zero-order chi connectivity index (χ0) is 13.3. The Morgan fingerprint density at radius 1 is 1.50 bits per heavy atom. The summed E-state index contributed by atoms with van der Waals surface area (Å²) < 4.78 is 26.2. The van der Waals surface area contributed by atoms with Gasteiger partial charge in [0.2, 0.25) is 10.0 Å². The van der Waals surface area contributed by atoms with Crippen molar-refractivity contribution in [1.29, 1.82) is 0 Å². The Hall–Kier alpha value is -0.850. The average molecular weight is 305 g/mol. The molecule has 0 atom stereocenters. The molecule has 2 rings (SSSR count). The molecule has 1 aliphatic carbocycles. The van der Waals surface area contributed by atoms with E-state index < -0.39 is 10.0 Å². The Kier molecular flexibility index (Phi) is 3.79. The van der Waals surface area contributed by atoms with Crippen LogP contribution in [0, 0.1) is 5.92 Å². The van der Waals surface area contributed by atoms with Crippen LogP contribution < -0.4 is 10.5 Å². The fraction of sp³-hybridized carbons (Fsp3) is 0.364. The van der Waals surface area contributed by atoms with Crippen LogP contribution in [0.25, 0.3) is 0 Å². The van der Waals surface area contributed by atoms with Crippen molar-refractivity contribution in [1.82, 2.24) is 0 Å². The molecule has 98 valence electrons. The van der Waals surface area contributed by atoms with Crippen molar-refractivity contribution in [3.8, 4) is 0 Å². The summed E-state index contributed by atoms with van der Waals surface area (Å²) in [5, 5.41) is 0.328. The zero-order valence-corrected chi connectivity index (χ0v) is 11.9. The smallest absolute Gasteiger partial charge is 0.233 e. The summed E-state index contributed by atoms with van der Waals surface area (Å²) in [5.41, 5.74) is 6.40. The molecule has 0 radical (unpaired) electrons. The van der Waals surface area contributed by atoms with Crippen molar-refractivity contribution in [2.45, 2.75) is 12.8 Å². The Morgan fingerprint density at radius 2 is 2.17 bits per heavy atom. The summed E-state index contributed by atoms with van der Waals surface area (Å²) in [5.74, 6) is 0.417. The van der Waals surface area contributed by atoms with Crippen LogP contribution in [0.1, 0.15) is 18.4 Å². The van der Waals surface area contributed by atoms with Gasteiger partial charge in [0.15, 0.2) is 0 Å². The summed E-state index contributed by atoms with van der Waals surface area (Å²) >= 11 is 10.8. The minimum Gasteiger partial charge on any atom is -0.389 e. The first kappa shape index (κ1) is 13.6. The molecule has 1 saturated carbocycles. The maximum Gasteiger partial charge on any atom is 0.233 e. The second-order valence-electron chi connectivity index (χ2n) is 4.39. The molecular weight excluding hydrogens is 292 g/mol. The van der Waals surface area contributed by atoms with E-state index in [4.69, 9.17) is 29.6 Å². The van der Waals surface area contributed by atoms with Crippen LogP contribution in [0.2, 0.25) is 5.02 Å². The van der Waals surface area contributed by atoms with Gasteiger partial charge in [0.1, 0.15) is 4.99 Å². The largest absolute Gasteiger partial charge is 0.389 e. The molecule has 7 heteroatoms. The van der Waals surface area contributed by atoms with Gasteiger partial charge >= 0.3 is 0 Å². The van der Waals surface area contributed by atoms with Crippen LogP contribution in [0.4, 0.5) is 5.69 Å². The maximum atomic E-state index is 11.8. The third kappa shape index (κ3) is 3.57. The Labute approximate surface area is 117 Å². The van der Waals surface area contributed by atoms with Gasteiger partial charge in [0.05, 0.1) is 16.5 Å². The second kappa shape index (κ2) is 5.03. The first-order valence-electron chi connectivity index (χ1n) is 5.47. The van der Waals surface area contributed by atoms with Crippen LogP contribution in [-0.4, -0.2) is 19.2 Å². The van der Waals surface area contributed by atoms with Crippen molar-refractivity contribution in [2.75, 3.05) is 10.5 Å². The molecule has 0 saturated heterocycles. The molecular formula is C11H13ClN2O2S2. The predicted octanol–water partition coefficient (Wildman–Crippen LogP) is 2.13. The predicted molar refractivity (Wildman–Crippen MR) is 77.5 cm³/mol. The fourth-order valence-corrected chi connectivity index (χ4v) is 3.45. The van der Waals surface area contributed by atoms with Crippen molar-refractivity contribution < 1.29 is 8.42 Å². The first-order chi connectivity index (χ1) is 8.37. The number of nitrogens with one attached hydrogen (secondary N) is 1. The molecule has 1 aliphatic rings. The SMILES string of the molecule is NC(=S)c1ccc(Cl)c(NS(=O)(=O)CC2CC2)c1. The topological polar surface area (TPSA) is 72.2 Å². The standard InChI is InChI=1S/C11H13ClN2O2S2/c12-9-4-3-8(11(13)17)5-10(9)14-18(15,16)6-7-1-2-7/h3-5,7,14H,1-2,6H2,(H2,13,17). The Morgan fingerprint density at radius 3 is 2.72 bits per heavy atom. The molecule has 0 unspecified atom stereocenters. The van der Waals surface area contributed by atoms with Crippen LogP contribution in [-0.2, 0) is 10.0 Å². The second-order valence-corrected chi connectivity index (χ2v) is 7.00. The van der Waals surface area contributed by atoms with Crippen LogP contribution in [0.15, 0.2) is 18.2 Å². The lowest BCUT2D eigenvalue weighted by molar-refractivity contribution is 0.597. The molecule has 0 aliphatic heterocycles. The number of sulfonamides is 1. The van der Waals surface area contributed by atoms with Gasteiger partial charge in [-0.15, -0.1) is 0 Å². The van der Waals surface area contributed by atoms with Crippen LogP contribution >= 0.6 is 23.8 Å². The van der Waals surface area contributed by atoms with Gasteiger partial charge in [0.25, 0.3) is 0 Å². The average Bonchev–Trinajstić information content (AvgIpc) is 3.03.